The highest BCUT2D eigenvalue weighted by Gasteiger charge is 2.16. The number of benzene rings is 2. The third-order valence-corrected chi connectivity index (χ3v) is 4.67. The van der Waals surface area contributed by atoms with Crippen LogP contribution in [0.2, 0.25) is 0 Å². The maximum Gasteiger partial charge on any atom is 0.170 e. The predicted molar refractivity (Wildman–Crippen MR) is 106 cm³/mol. The van der Waals surface area contributed by atoms with Crippen molar-refractivity contribution in [2.75, 3.05) is 7.11 Å². The van der Waals surface area contributed by atoms with Crippen LogP contribution in [-0.4, -0.2) is 26.7 Å². The van der Waals surface area contributed by atoms with Crippen LogP contribution in [0, 0.1) is 0 Å². The maximum absolute atomic E-state index is 5.28. The predicted octanol–water partition coefficient (Wildman–Crippen LogP) is 4.62. The van der Waals surface area contributed by atoms with Crippen molar-refractivity contribution in [3.05, 3.63) is 79.0 Å². The molecule has 0 spiro atoms. The lowest BCUT2D eigenvalue weighted by Crippen LogP contribution is -1.96. The Morgan fingerprint density at radius 2 is 1.59 bits per heavy atom. The van der Waals surface area contributed by atoms with Crippen molar-refractivity contribution >= 4 is 16.7 Å². The van der Waals surface area contributed by atoms with E-state index in [1.165, 1.54) is 0 Å². The Balaban J connectivity index is 1.85. The maximum atomic E-state index is 5.28. The van der Waals surface area contributed by atoms with Gasteiger partial charge in [0, 0.05) is 22.7 Å². The Hall–Kier alpha value is -3.73. The molecule has 0 radical (unpaired) electrons. The summed E-state index contributed by atoms with van der Waals surface area (Å²) in [6.07, 6.45) is 1.80. The Bertz CT molecular complexity index is 1240. The van der Waals surface area contributed by atoms with E-state index in [-0.39, 0.29) is 0 Å². The second-order valence-corrected chi connectivity index (χ2v) is 6.25. The van der Waals surface area contributed by atoms with E-state index < -0.39 is 0 Å². The number of ether oxygens (including phenoxy) is 1. The molecule has 2 aromatic carbocycles. The van der Waals surface area contributed by atoms with Gasteiger partial charge in [-0.15, -0.1) is 10.2 Å². The zero-order valence-electron chi connectivity index (χ0n) is 14.7. The van der Waals surface area contributed by atoms with E-state index in [2.05, 4.69) is 27.3 Å². The van der Waals surface area contributed by atoms with Crippen LogP contribution in [0.4, 0.5) is 0 Å². The number of pyridine rings is 2. The van der Waals surface area contributed by atoms with Gasteiger partial charge >= 0.3 is 0 Å². The molecule has 5 heteroatoms. The van der Waals surface area contributed by atoms with Crippen LogP contribution in [0.3, 0.4) is 0 Å². The van der Waals surface area contributed by atoms with Gasteiger partial charge in [-0.2, -0.15) is 0 Å². The number of hydrogen-bond acceptors (Lipinski definition) is 4. The molecule has 5 nitrogen and oxygen atoms in total. The fraction of sp³-hybridized carbons (Fsp3) is 0.0455. The first kappa shape index (κ1) is 15.5. The molecule has 0 bridgehead atoms. The first-order valence-corrected chi connectivity index (χ1v) is 8.68. The molecule has 0 atom stereocenters. The molecule has 0 saturated heterocycles. The van der Waals surface area contributed by atoms with Gasteiger partial charge in [-0.05, 0) is 35.9 Å². The first-order chi connectivity index (χ1) is 13.3. The van der Waals surface area contributed by atoms with Gasteiger partial charge in [-0.1, -0.05) is 42.5 Å². The Labute approximate surface area is 155 Å². The van der Waals surface area contributed by atoms with E-state index in [1.54, 1.807) is 13.3 Å². The summed E-state index contributed by atoms with van der Waals surface area (Å²) in [4.78, 5) is 4.59. The van der Waals surface area contributed by atoms with E-state index in [4.69, 9.17) is 4.74 Å². The Morgan fingerprint density at radius 1 is 0.778 bits per heavy atom. The molecule has 0 aliphatic heterocycles. The third kappa shape index (κ3) is 2.52. The minimum absolute atomic E-state index is 0.782. The van der Waals surface area contributed by atoms with Crippen molar-refractivity contribution in [3.63, 3.8) is 0 Å². The fourth-order valence-electron chi connectivity index (χ4n) is 3.35. The average Bonchev–Trinajstić information content (AvgIpc) is 3.19. The van der Waals surface area contributed by atoms with Gasteiger partial charge in [0.05, 0.1) is 7.11 Å². The molecule has 5 aromatic rings. The van der Waals surface area contributed by atoms with Gasteiger partial charge in [0.15, 0.2) is 11.5 Å². The molecule has 130 valence electrons. The SMILES string of the molecule is COc1ccc(-c2cc3cccnc3n3c(-c4ccccc4)nnc23)cc1. The van der Waals surface area contributed by atoms with Crippen LogP contribution in [0.1, 0.15) is 0 Å². The summed E-state index contributed by atoms with van der Waals surface area (Å²) in [6, 6.07) is 24.1. The van der Waals surface area contributed by atoms with Gasteiger partial charge in [0.25, 0.3) is 0 Å². The van der Waals surface area contributed by atoms with E-state index in [9.17, 15) is 0 Å². The van der Waals surface area contributed by atoms with Crippen LogP contribution in [0.25, 0.3) is 39.2 Å². The average molecular weight is 352 g/mol. The molecule has 0 amide bonds. The molecule has 5 rings (SSSR count). The van der Waals surface area contributed by atoms with Gasteiger partial charge in [-0.25, -0.2) is 4.98 Å². The first-order valence-electron chi connectivity index (χ1n) is 8.68. The van der Waals surface area contributed by atoms with Crippen LogP contribution < -0.4 is 4.74 Å². The third-order valence-electron chi connectivity index (χ3n) is 4.67. The number of aromatic nitrogens is 4. The lowest BCUT2D eigenvalue weighted by molar-refractivity contribution is 0.415. The monoisotopic (exact) mass is 352 g/mol. The highest BCUT2D eigenvalue weighted by atomic mass is 16.5. The molecule has 0 aliphatic carbocycles. The van der Waals surface area contributed by atoms with E-state index in [0.717, 1.165) is 44.9 Å². The van der Waals surface area contributed by atoms with Crippen LogP contribution in [0.5, 0.6) is 5.75 Å². The highest BCUT2D eigenvalue weighted by Crippen LogP contribution is 2.31. The van der Waals surface area contributed by atoms with Crippen LogP contribution in [0.15, 0.2) is 79.0 Å². The summed E-state index contributed by atoms with van der Waals surface area (Å²) < 4.78 is 7.31. The molecule has 27 heavy (non-hydrogen) atoms. The summed E-state index contributed by atoms with van der Waals surface area (Å²) >= 11 is 0. The second-order valence-electron chi connectivity index (χ2n) is 6.25. The highest BCUT2D eigenvalue weighted by molar-refractivity contribution is 5.91. The van der Waals surface area contributed by atoms with Crippen LogP contribution >= 0.6 is 0 Å². The number of fused-ring (bicyclic) bond motifs is 3. The zero-order valence-corrected chi connectivity index (χ0v) is 14.7. The topological polar surface area (TPSA) is 52.3 Å². The molecule has 0 aliphatic rings. The largest absolute Gasteiger partial charge is 0.497 e. The number of hydrogen-bond donors (Lipinski definition) is 0. The summed E-state index contributed by atoms with van der Waals surface area (Å²) in [5.41, 5.74) is 4.69. The van der Waals surface area contributed by atoms with Crippen molar-refractivity contribution in [2.45, 2.75) is 0 Å². The molecule has 0 unspecified atom stereocenters. The Morgan fingerprint density at radius 3 is 2.37 bits per heavy atom. The molecule has 0 fully saturated rings. The van der Waals surface area contributed by atoms with E-state index in [1.807, 2.05) is 65.1 Å². The molecule has 3 aromatic heterocycles. The molecular weight excluding hydrogens is 336 g/mol. The summed E-state index contributed by atoms with van der Waals surface area (Å²) in [6.45, 7) is 0. The number of methoxy groups -OCH3 is 1. The van der Waals surface area contributed by atoms with E-state index >= 15 is 0 Å². The van der Waals surface area contributed by atoms with Gasteiger partial charge in [0.1, 0.15) is 11.4 Å². The number of rotatable bonds is 3. The van der Waals surface area contributed by atoms with Crippen LogP contribution in [-0.2, 0) is 0 Å². The summed E-state index contributed by atoms with van der Waals surface area (Å²) in [7, 11) is 1.67. The zero-order chi connectivity index (χ0) is 18.2. The molecule has 0 N–H and O–H groups in total. The minimum Gasteiger partial charge on any atom is -0.497 e. The van der Waals surface area contributed by atoms with E-state index in [0.29, 0.717) is 0 Å². The lowest BCUT2D eigenvalue weighted by atomic mass is 10.1. The van der Waals surface area contributed by atoms with Crippen molar-refractivity contribution in [1.82, 2.24) is 19.6 Å². The second kappa shape index (κ2) is 6.21. The molecule has 0 saturated carbocycles. The van der Waals surface area contributed by atoms with Crippen molar-refractivity contribution in [3.8, 4) is 28.3 Å². The van der Waals surface area contributed by atoms with Gasteiger partial charge in [0.2, 0.25) is 0 Å². The Kier molecular flexibility index (Phi) is 3.57. The van der Waals surface area contributed by atoms with Crippen molar-refractivity contribution in [2.24, 2.45) is 0 Å². The smallest absolute Gasteiger partial charge is 0.170 e. The van der Waals surface area contributed by atoms with Gasteiger partial charge in [-0.3, -0.25) is 4.40 Å². The van der Waals surface area contributed by atoms with Crippen molar-refractivity contribution < 1.29 is 4.74 Å². The van der Waals surface area contributed by atoms with Gasteiger partial charge < -0.3 is 4.74 Å². The lowest BCUT2D eigenvalue weighted by Gasteiger charge is -2.09. The van der Waals surface area contributed by atoms with Crippen molar-refractivity contribution in [1.29, 1.82) is 0 Å². The quantitative estimate of drug-likeness (QED) is 0.475. The summed E-state index contributed by atoms with van der Waals surface area (Å²) in [5.74, 6) is 1.60. The molecule has 3 heterocycles. The normalized spacial score (nSPS) is 11.1. The standard InChI is InChI=1S/C22H16N4O/c1-27-18-11-9-15(10-12-18)19-14-17-8-5-13-23-20(17)26-21(24-25-22(19)26)16-6-3-2-4-7-16/h2-14H,1H3. The fourth-order valence-corrected chi connectivity index (χ4v) is 3.35. The number of nitrogens with zero attached hydrogens (tertiary/aromatic N) is 4. The molecular formula is C22H16N4O. The summed E-state index contributed by atoms with van der Waals surface area (Å²) in [5, 5.41) is 10.0. The minimum atomic E-state index is 0.782.